The fourth-order valence-corrected chi connectivity index (χ4v) is 6.53. The predicted molar refractivity (Wildman–Crippen MR) is 131 cm³/mol. The first-order valence-corrected chi connectivity index (χ1v) is 13.0. The van der Waals surface area contributed by atoms with Crippen LogP contribution >= 0.6 is 0 Å². The molecule has 3 nitrogen and oxygen atoms in total. The van der Waals surface area contributed by atoms with Gasteiger partial charge < -0.3 is 15.3 Å². The number of rotatable bonds is 10. The van der Waals surface area contributed by atoms with Gasteiger partial charge in [0.1, 0.15) is 5.60 Å². The average molecular weight is 471 g/mol. The molecule has 5 heteroatoms. The number of hydrogen-bond donors (Lipinski definition) is 3. The third-order valence-electron chi connectivity index (χ3n) is 9.21. The summed E-state index contributed by atoms with van der Waals surface area (Å²) in [5.74, 6) is -1.86. The molecule has 2 fully saturated rings. The molecule has 0 aliphatic heterocycles. The average Bonchev–Trinajstić information content (AvgIpc) is 3.07. The lowest BCUT2D eigenvalue weighted by atomic mass is 9.64. The Hall–Kier alpha value is -0.780. The molecule has 2 unspecified atom stereocenters. The highest BCUT2D eigenvalue weighted by molar-refractivity contribution is 5.17. The zero-order valence-electron chi connectivity index (χ0n) is 21.7. The monoisotopic (exact) mass is 470 g/mol. The van der Waals surface area contributed by atoms with E-state index >= 15 is 0 Å². The molecule has 0 aromatic carbocycles. The van der Waals surface area contributed by atoms with Gasteiger partial charge in [-0.25, -0.2) is 8.78 Å². The van der Waals surface area contributed by atoms with Crippen LogP contribution in [0.25, 0.3) is 0 Å². The molecule has 2 aliphatic carbocycles. The molecule has 0 amide bonds. The highest BCUT2D eigenvalue weighted by Crippen LogP contribution is 2.57. The minimum atomic E-state index is -3.09. The summed E-state index contributed by atoms with van der Waals surface area (Å²) in [4.78, 5) is 0. The molecule has 2 saturated carbocycles. The lowest BCUT2D eigenvalue weighted by Crippen LogP contribution is -2.43. The molecule has 0 saturated heterocycles. The molecular formula is C28H48F2O3. The van der Waals surface area contributed by atoms with Gasteiger partial charge in [-0.2, -0.15) is 0 Å². The summed E-state index contributed by atoms with van der Waals surface area (Å²) in [6.45, 7) is 15.0. The topological polar surface area (TPSA) is 60.7 Å². The van der Waals surface area contributed by atoms with Crippen LogP contribution in [0.5, 0.6) is 0 Å². The van der Waals surface area contributed by atoms with Crippen molar-refractivity contribution < 1.29 is 24.1 Å². The van der Waals surface area contributed by atoms with Crippen LogP contribution in [-0.2, 0) is 0 Å². The second-order valence-electron chi connectivity index (χ2n) is 11.7. The number of aliphatic hydroxyl groups is 3. The van der Waals surface area contributed by atoms with E-state index in [1.165, 1.54) is 19.4 Å². The van der Waals surface area contributed by atoms with Crippen molar-refractivity contribution in [3.8, 4) is 0 Å². The van der Waals surface area contributed by atoms with Gasteiger partial charge in [0.2, 0.25) is 0 Å². The maximum absolute atomic E-state index is 14.4. The fourth-order valence-electron chi connectivity index (χ4n) is 6.53. The van der Waals surface area contributed by atoms with Crippen molar-refractivity contribution in [2.24, 2.45) is 29.1 Å². The van der Waals surface area contributed by atoms with Crippen LogP contribution in [0.2, 0.25) is 0 Å². The van der Waals surface area contributed by atoms with Gasteiger partial charge in [-0.1, -0.05) is 45.9 Å². The molecule has 0 aromatic heterocycles. The maximum Gasteiger partial charge on any atom is 0.275 e. The van der Waals surface area contributed by atoms with Gasteiger partial charge >= 0.3 is 0 Å². The number of alkyl halides is 2. The maximum atomic E-state index is 14.4. The number of halogens is 2. The molecule has 3 N–H and O–H groups in total. The number of aliphatic hydroxyl groups excluding tert-OH is 2. The normalized spacial score (nSPS) is 35.2. The summed E-state index contributed by atoms with van der Waals surface area (Å²) in [6.07, 6.45) is 7.44. The second-order valence-corrected chi connectivity index (χ2v) is 11.7. The van der Waals surface area contributed by atoms with E-state index in [-0.39, 0.29) is 23.7 Å². The lowest BCUT2D eigenvalue weighted by Gasteiger charge is -2.41. The summed E-state index contributed by atoms with van der Waals surface area (Å²) >= 11 is 0. The number of allylic oxidation sites excluding steroid dienone is 2. The van der Waals surface area contributed by atoms with Crippen molar-refractivity contribution in [3.63, 3.8) is 0 Å². The van der Waals surface area contributed by atoms with Crippen LogP contribution in [0, 0.1) is 29.1 Å². The van der Waals surface area contributed by atoms with E-state index in [4.69, 9.17) is 0 Å². The smallest absolute Gasteiger partial charge is 0.275 e. The van der Waals surface area contributed by atoms with Gasteiger partial charge in [0.15, 0.2) is 0 Å². The van der Waals surface area contributed by atoms with Crippen LogP contribution in [0.1, 0.15) is 99.3 Å². The van der Waals surface area contributed by atoms with Crippen molar-refractivity contribution in [1.29, 1.82) is 0 Å². The van der Waals surface area contributed by atoms with Gasteiger partial charge in [-0.3, -0.25) is 0 Å². The molecule has 192 valence electrons. The van der Waals surface area contributed by atoms with Crippen molar-refractivity contribution in [2.75, 3.05) is 0 Å². The van der Waals surface area contributed by atoms with Crippen LogP contribution in [0.3, 0.4) is 0 Å². The fraction of sp³-hybridized carbons (Fsp3) is 0.857. The van der Waals surface area contributed by atoms with Gasteiger partial charge in [0.25, 0.3) is 5.92 Å². The molecule has 0 radical (unpaired) electrons. The first kappa shape index (κ1) is 28.5. The largest absolute Gasteiger partial charge is 0.389 e. The Bertz CT molecular complexity index is 682. The molecular weight excluding hydrogens is 422 g/mol. The van der Waals surface area contributed by atoms with Crippen LogP contribution in [0.15, 0.2) is 23.8 Å². The molecule has 2 aliphatic rings. The SMILES string of the molecule is C=C1[C@H](O)CC(C/C=C(\CC)C2CCC([C@H](C)CCC(F)(F)C(C)(C)O)[C@@]2(C)CC)C[C@H]1O. The van der Waals surface area contributed by atoms with Crippen molar-refractivity contribution in [2.45, 2.75) is 123 Å². The molecule has 0 heterocycles. The Labute approximate surface area is 200 Å². The zero-order valence-corrected chi connectivity index (χ0v) is 21.7. The minimum absolute atomic E-state index is 0.0607. The zero-order chi connectivity index (χ0) is 25.2. The summed E-state index contributed by atoms with van der Waals surface area (Å²) in [5.41, 5.74) is 0.0334. The molecule has 2 rings (SSSR count). The standard InChI is InChI=1S/C28H48F2O3/c1-8-21(11-10-20-16-24(31)19(4)25(32)17-20)23-13-12-22(27(23,7)9-2)18(3)14-15-28(29,30)26(5,6)33/h11,18,20,22-25,31-33H,4,8-10,12-17H2,1-3,5-7H3/b21-11+/t18-,22?,23?,24-,25-,27-/m1/s1. The Morgan fingerprint density at radius 1 is 1.18 bits per heavy atom. The molecule has 6 atom stereocenters. The predicted octanol–water partition coefficient (Wildman–Crippen LogP) is 6.67. The first-order chi connectivity index (χ1) is 15.2. The summed E-state index contributed by atoms with van der Waals surface area (Å²) in [5, 5.41) is 30.2. The van der Waals surface area contributed by atoms with Crippen molar-refractivity contribution in [3.05, 3.63) is 23.8 Å². The Balaban J connectivity index is 2.10. The van der Waals surface area contributed by atoms with Gasteiger partial charge in [0.05, 0.1) is 12.2 Å². The second kappa shape index (κ2) is 10.9. The third-order valence-corrected chi connectivity index (χ3v) is 9.21. The van der Waals surface area contributed by atoms with Gasteiger partial charge in [0, 0.05) is 6.42 Å². The van der Waals surface area contributed by atoms with E-state index < -0.39 is 23.7 Å². The van der Waals surface area contributed by atoms with Crippen LogP contribution in [-0.4, -0.2) is 39.1 Å². The number of hydrogen-bond acceptors (Lipinski definition) is 3. The van der Waals surface area contributed by atoms with E-state index in [2.05, 4.69) is 40.3 Å². The van der Waals surface area contributed by atoms with Crippen LogP contribution in [0.4, 0.5) is 8.78 Å². The highest BCUT2D eigenvalue weighted by atomic mass is 19.3. The summed E-state index contributed by atoms with van der Waals surface area (Å²) in [7, 11) is 0. The van der Waals surface area contributed by atoms with E-state index in [9.17, 15) is 24.1 Å². The highest BCUT2D eigenvalue weighted by Gasteiger charge is 2.50. The summed E-state index contributed by atoms with van der Waals surface area (Å²) < 4.78 is 28.7. The van der Waals surface area contributed by atoms with Crippen molar-refractivity contribution in [1.82, 2.24) is 0 Å². The molecule has 33 heavy (non-hydrogen) atoms. The Kier molecular flexibility index (Phi) is 9.37. The third kappa shape index (κ3) is 6.27. The Morgan fingerprint density at radius 2 is 1.76 bits per heavy atom. The lowest BCUT2D eigenvalue weighted by molar-refractivity contribution is -0.168. The van der Waals surface area contributed by atoms with Gasteiger partial charge in [-0.15, -0.1) is 0 Å². The Morgan fingerprint density at radius 3 is 2.24 bits per heavy atom. The quantitative estimate of drug-likeness (QED) is 0.313. The van der Waals surface area contributed by atoms with E-state index in [0.29, 0.717) is 36.7 Å². The first-order valence-electron chi connectivity index (χ1n) is 13.0. The minimum Gasteiger partial charge on any atom is -0.389 e. The molecule has 0 aromatic rings. The summed E-state index contributed by atoms with van der Waals surface area (Å²) in [6, 6.07) is 0. The molecule has 0 spiro atoms. The van der Waals surface area contributed by atoms with E-state index in [0.717, 1.165) is 32.1 Å². The van der Waals surface area contributed by atoms with E-state index in [1.54, 1.807) is 0 Å². The van der Waals surface area contributed by atoms with Gasteiger partial charge in [-0.05, 0) is 99.9 Å². The van der Waals surface area contributed by atoms with E-state index in [1.807, 2.05) is 0 Å². The van der Waals surface area contributed by atoms with Crippen molar-refractivity contribution >= 4 is 0 Å². The molecule has 0 bridgehead atoms. The van der Waals surface area contributed by atoms with Crippen LogP contribution < -0.4 is 0 Å².